The molecule has 0 aromatic heterocycles. The zero-order valence-electron chi connectivity index (χ0n) is 9.52. The number of nitriles is 2. The Bertz CT molecular complexity index is 662. The largest absolute Gasteiger partial charge is 0.457 e. The molecule has 0 spiro atoms. The van der Waals surface area contributed by atoms with Crippen LogP contribution in [0.5, 0.6) is 11.5 Å². The number of hydrogen-bond acceptors (Lipinski definition) is 3. The molecule has 3 nitrogen and oxygen atoms in total. The average Bonchev–Trinajstić information content (AvgIpc) is 2.37. The molecule has 2 aromatic carbocycles. The summed E-state index contributed by atoms with van der Waals surface area (Å²) in [6.45, 7) is 0. The van der Waals surface area contributed by atoms with Gasteiger partial charge in [0.05, 0.1) is 23.3 Å². The van der Waals surface area contributed by atoms with Crippen molar-refractivity contribution in [3.05, 3.63) is 59.2 Å². The van der Waals surface area contributed by atoms with Gasteiger partial charge in [-0.2, -0.15) is 10.5 Å². The molecule has 0 saturated heterocycles. The molecule has 0 heterocycles. The predicted octanol–water partition coefficient (Wildman–Crippen LogP) is 3.50. The molecule has 0 unspecified atom stereocenters. The van der Waals surface area contributed by atoms with Gasteiger partial charge in [-0.15, -0.1) is 0 Å². The minimum atomic E-state index is -0.771. The highest BCUT2D eigenvalue weighted by Gasteiger charge is 2.06. The molecule has 92 valence electrons. The SMILES string of the molecule is N#Cc1cc(C#N)cc(Oc2cc(F)cc(F)c2)c1. The fourth-order valence-corrected chi connectivity index (χ4v) is 1.51. The van der Waals surface area contributed by atoms with Gasteiger partial charge in [-0.25, -0.2) is 8.78 Å². The number of rotatable bonds is 2. The van der Waals surface area contributed by atoms with E-state index in [1.165, 1.54) is 18.2 Å². The van der Waals surface area contributed by atoms with Crippen molar-refractivity contribution in [2.24, 2.45) is 0 Å². The van der Waals surface area contributed by atoms with Gasteiger partial charge in [0.25, 0.3) is 0 Å². The van der Waals surface area contributed by atoms with Crippen LogP contribution in [-0.4, -0.2) is 0 Å². The van der Waals surface area contributed by atoms with Crippen LogP contribution in [0.4, 0.5) is 8.78 Å². The number of nitrogens with zero attached hydrogens (tertiary/aromatic N) is 2. The molecule has 0 atom stereocenters. The minimum absolute atomic E-state index is 0.0449. The molecular weight excluding hydrogens is 250 g/mol. The van der Waals surface area contributed by atoms with E-state index < -0.39 is 11.6 Å². The van der Waals surface area contributed by atoms with Gasteiger partial charge < -0.3 is 4.74 Å². The Balaban J connectivity index is 2.38. The summed E-state index contributed by atoms with van der Waals surface area (Å²) in [6.07, 6.45) is 0. The first kappa shape index (κ1) is 12.5. The zero-order valence-corrected chi connectivity index (χ0v) is 9.52. The van der Waals surface area contributed by atoms with Crippen molar-refractivity contribution in [3.8, 4) is 23.6 Å². The summed E-state index contributed by atoms with van der Waals surface area (Å²) in [6, 6.07) is 10.6. The normalized spacial score (nSPS) is 9.47. The maximum absolute atomic E-state index is 13.0. The zero-order chi connectivity index (χ0) is 13.8. The van der Waals surface area contributed by atoms with E-state index in [0.29, 0.717) is 0 Å². The molecule has 2 rings (SSSR count). The molecule has 0 aliphatic rings. The lowest BCUT2D eigenvalue weighted by molar-refractivity contribution is 0.468. The van der Waals surface area contributed by atoms with Gasteiger partial charge in [0.1, 0.15) is 23.1 Å². The maximum atomic E-state index is 13.0. The van der Waals surface area contributed by atoms with Gasteiger partial charge in [0.2, 0.25) is 0 Å². The van der Waals surface area contributed by atoms with Gasteiger partial charge in [0, 0.05) is 18.2 Å². The standard InChI is InChI=1S/C14H6F2N2O/c15-11-4-12(16)6-14(5-11)19-13-2-9(7-17)1-10(3-13)8-18/h1-6H. The number of hydrogen-bond donors (Lipinski definition) is 0. The number of benzene rings is 2. The lowest BCUT2D eigenvalue weighted by Crippen LogP contribution is -1.89. The highest BCUT2D eigenvalue weighted by molar-refractivity contribution is 5.46. The average molecular weight is 256 g/mol. The Morgan fingerprint density at radius 2 is 1.21 bits per heavy atom. The van der Waals surface area contributed by atoms with Crippen LogP contribution in [0, 0.1) is 34.3 Å². The van der Waals surface area contributed by atoms with E-state index >= 15 is 0 Å². The second-order valence-electron chi connectivity index (χ2n) is 3.68. The first-order chi connectivity index (χ1) is 9.10. The van der Waals surface area contributed by atoms with Crippen molar-refractivity contribution in [1.29, 1.82) is 10.5 Å². The topological polar surface area (TPSA) is 56.8 Å². The third-order valence-electron chi connectivity index (χ3n) is 2.24. The maximum Gasteiger partial charge on any atom is 0.133 e. The van der Waals surface area contributed by atoms with Crippen LogP contribution in [0.1, 0.15) is 11.1 Å². The van der Waals surface area contributed by atoms with Crippen LogP contribution in [0.3, 0.4) is 0 Å². The van der Waals surface area contributed by atoms with Gasteiger partial charge in [-0.3, -0.25) is 0 Å². The van der Waals surface area contributed by atoms with Crippen molar-refractivity contribution < 1.29 is 13.5 Å². The van der Waals surface area contributed by atoms with E-state index in [9.17, 15) is 8.78 Å². The molecule has 0 fully saturated rings. The van der Waals surface area contributed by atoms with E-state index in [1.807, 2.05) is 12.1 Å². The number of halogens is 2. The third-order valence-corrected chi connectivity index (χ3v) is 2.24. The first-order valence-corrected chi connectivity index (χ1v) is 5.20. The first-order valence-electron chi connectivity index (χ1n) is 5.20. The molecule has 0 radical (unpaired) electrons. The molecule has 2 aromatic rings. The van der Waals surface area contributed by atoms with E-state index in [4.69, 9.17) is 15.3 Å². The van der Waals surface area contributed by atoms with Crippen LogP contribution < -0.4 is 4.74 Å². The lowest BCUT2D eigenvalue weighted by Gasteiger charge is -2.06. The molecular formula is C14H6F2N2O. The Labute approximate surface area is 107 Å². The second-order valence-corrected chi connectivity index (χ2v) is 3.68. The Hall–Kier alpha value is -2.92. The highest BCUT2D eigenvalue weighted by Crippen LogP contribution is 2.25. The molecule has 0 aliphatic carbocycles. The summed E-state index contributed by atoms with van der Waals surface area (Å²) in [4.78, 5) is 0. The van der Waals surface area contributed by atoms with Crippen LogP contribution >= 0.6 is 0 Å². The van der Waals surface area contributed by atoms with Gasteiger partial charge in [-0.1, -0.05) is 0 Å². The van der Waals surface area contributed by atoms with Crippen LogP contribution in [-0.2, 0) is 0 Å². The lowest BCUT2D eigenvalue weighted by atomic mass is 10.1. The van der Waals surface area contributed by atoms with Crippen molar-refractivity contribution >= 4 is 0 Å². The Morgan fingerprint density at radius 1 is 0.737 bits per heavy atom. The van der Waals surface area contributed by atoms with Crippen LogP contribution in [0.15, 0.2) is 36.4 Å². The molecule has 0 saturated carbocycles. The second kappa shape index (κ2) is 5.16. The smallest absolute Gasteiger partial charge is 0.133 e. The summed E-state index contributed by atoms with van der Waals surface area (Å²) >= 11 is 0. The minimum Gasteiger partial charge on any atom is -0.457 e. The summed E-state index contributed by atoms with van der Waals surface area (Å²) in [5, 5.41) is 17.6. The summed E-state index contributed by atoms with van der Waals surface area (Å²) in [7, 11) is 0. The fourth-order valence-electron chi connectivity index (χ4n) is 1.51. The van der Waals surface area contributed by atoms with Crippen LogP contribution in [0.2, 0.25) is 0 Å². The van der Waals surface area contributed by atoms with Crippen molar-refractivity contribution in [3.63, 3.8) is 0 Å². The highest BCUT2D eigenvalue weighted by atomic mass is 19.1. The molecule has 0 N–H and O–H groups in total. The predicted molar refractivity (Wildman–Crippen MR) is 62.3 cm³/mol. The van der Waals surface area contributed by atoms with Crippen molar-refractivity contribution in [2.45, 2.75) is 0 Å². The molecule has 19 heavy (non-hydrogen) atoms. The quantitative estimate of drug-likeness (QED) is 0.826. The van der Waals surface area contributed by atoms with Crippen molar-refractivity contribution in [2.75, 3.05) is 0 Å². The summed E-state index contributed by atoms with van der Waals surface area (Å²) in [5.41, 5.74) is 0.455. The molecule has 5 heteroatoms. The van der Waals surface area contributed by atoms with E-state index in [1.54, 1.807) is 0 Å². The third kappa shape index (κ3) is 3.05. The van der Waals surface area contributed by atoms with E-state index in [2.05, 4.69) is 0 Å². The monoisotopic (exact) mass is 256 g/mol. The van der Waals surface area contributed by atoms with E-state index in [0.717, 1.165) is 18.2 Å². The van der Waals surface area contributed by atoms with Gasteiger partial charge >= 0.3 is 0 Å². The van der Waals surface area contributed by atoms with Crippen LogP contribution in [0.25, 0.3) is 0 Å². The number of ether oxygens (including phenoxy) is 1. The summed E-state index contributed by atoms with van der Waals surface area (Å²) < 4.78 is 31.2. The van der Waals surface area contributed by atoms with E-state index in [-0.39, 0.29) is 22.6 Å². The Kier molecular flexibility index (Phi) is 3.40. The fraction of sp³-hybridized carbons (Fsp3) is 0. The van der Waals surface area contributed by atoms with Gasteiger partial charge in [-0.05, 0) is 18.2 Å². The molecule has 0 aliphatic heterocycles. The van der Waals surface area contributed by atoms with Gasteiger partial charge in [0.15, 0.2) is 0 Å². The Morgan fingerprint density at radius 3 is 1.68 bits per heavy atom. The molecule has 0 amide bonds. The summed E-state index contributed by atoms with van der Waals surface area (Å²) in [5.74, 6) is -1.42. The molecule has 0 bridgehead atoms. The van der Waals surface area contributed by atoms with Crippen molar-refractivity contribution in [1.82, 2.24) is 0 Å².